The molecular weight excluding hydrogens is 364 g/mol. The van der Waals surface area contributed by atoms with Crippen LogP contribution >= 0.6 is 11.6 Å². The molecule has 0 saturated carbocycles. The number of amides is 2. The van der Waals surface area contributed by atoms with E-state index in [0.29, 0.717) is 28.5 Å². The van der Waals surface area contributed by atoms with Crippen LogP contribution in [0.3, 0.4) is 0 Å². The Labute approximate surface area is 162 Å². The van der Waals surface area contributed by atoms with Crippen LogP contribution < -0.4 is 5.32 Å². The third-order valence-electron chi connectivity index (χ3n) is 4.09. The van der Waals surface area contributed by atoms with Crippen molar-refractivity contribution in [3.8, 4) is 5.69 Å². The molecule has 0 bridgehead atoms. The number of carbonyl (C=O) groups excluding carboxylic acids is 2. The van der Waals surface area contributed by atoms with Crippen LogP contribution in [-0.4, -0.2) is 33.5 Å². The lowest BCUT2D eigenvalue weighted by atomic mass is 10.2. The molecule has 0 atom stereocenters. The number of carbonyl (C=O) groups is 2. The largest absolute Gasteiger partial charge is 0.342 e. The summed E-state index contributed by atoms with van der Waals surface area (Å²) >= 11 is 6.17. The Hall–Kier alpha value is -3.12. The summed E-state index contributed by atoms with van der Waals surface area (Å²) in [4.78, 5) is 25.5. The summed E-state index contributed by atoms with van der Waals surface area (Å²) in [6.45, 7) is 1.99. The minimum Gasteiger partial charge on any atom is -0.342 e. The Balaban J connectivity index is 1.73. The molecule has 1 aromatic heterocycles. The number of halogens is 1. The Kier molecular flexibility index (Phi) is 5.57. The molecule has 2 amide bonds. The summed E-state index contributed by atoms with van der Waals surface area (Å²) < 4.78 is 1.56. The van der Waals surface area contributed by atoms with Gasteiger partial charge in [-0.05, 0) is 29.8 Å². The van der Waals surface area contributed by atoms with Gasteiger partial charge in [0.05, 0.1) is 22.5 Å². The fraction of sp³-hybridized carbons (Fsp3) is 0.150. The second-order valence-corrected chi connectivity index (χ2v) is 6.56. The van der Waals surface area contributed by atoms with Crippen molar-refractivity contribution < 1.29 is 9.59 Å². The predicted octanol–water partition coefficient (Wildman–Crippen LogP) is 3.76. The maximum absolute atomic E-state index is 12.5. The van der Waals surface area contributed by atoms with Gasteiger partial charge in [-0.25, -0.2) is 4.68 Å². The van der Waals surface area contributed by atoms with E-state index < -0.39 is 0 Å². The Morgan fingerprint density at radius 1 is 1.19 bits per heavy atom. The quantitative estimate of drug-likeness (QED) is 0.730. The Morgan fingerprint density at radius 2 is 1.96 bits per heavy atom. The normalized spacial score (nSPS) is 10.5. The molecule has 3 rings (SSSR count). The van der Waals surface area contributed by atoms with Crippen LogP contribution in [0.5, 0.6) is 0 Å². The van der Waals surface area contributed by atoms with Gasteiger partial charge >= 0.3 is 0 Å². The van der Waals surface area contributed by atoms with Crippen molar-refractivity contribution in [3.05, 3.63) is 77.1 Å². The van der Waals surface area contributed by atoms with Gasteiger partial charge in [-0.2, -0.15) is 5.10 Å². The van der Waals surface area contributed by atoms with E-state index in [2.05, 4.69) is 10.4 Å². The molecule has 0 saturated heterocycles. The lowest BCUT2D eigenvalue weighted by molar-refractivity contribution is -0.128. The van der Waals surface area contributed by atoms with E-state index in [1.165, 1.54) is 13.1 Å². The van der Waals surface area contributed by atoms with Crippen molar-refractivity contribution in [2.45, 2.75) is 13.5 Å². The van der Waals surface area contributed by atoms with Gasteiger partial charge in [-0.3, -0.25) is 9.59 Å². The van der Waals surface area contributed by atoms with Gasteiger partial charge in [0.25, 0.3) is 5.91 Å². The van der Waals surface area contributed by atoms with Gasteiger partial charge in [0.1, 0.15) is 0 Å². The molecule has 3 aromatic rings. The van der Waals surface area contributed by atoms with E-state index >= 15 is 0 Å². The molecule has 2 aromatic carbocycles. The second-order valence-electron chi connectivity index (χ2n) is 6.15. The highest BCUT2D eigenvalue weighted by atomic mass is 35.5. The molecule has 6 nitrogen and oxygen atoms in total. The highest BCUT2D eigenvalue weighted by Gasteiger charge is 2.12. The monoisotopic (exact) mass is 382 g/mol. The zero-order valence-electron chi connectivity index (χ0n) is 15.0. The van der Waals surface area contributed by atoms with Gasteiger partial charge in [0.2, 0.25) is 5.91 Å². The maximum atomic E-state index is 12.5. The summed E-state index contributed by atoms with van der Waals surface area (Å²) in [5, 5.41) is 7.62. The van der Waals surface area contributed by atoms with Gasteiger partial charge in [-0.1, -0.05) is 35.9 Å². The number of nitrogens with zero attached hydrogens (tertiary/aromatic N) is 3. The molecule has 27 heavy (non-hydrogen) atoms. The molecular formula is C20H19ClN4O2. The number of hydrogen-bond donors (Lipinski definition) is 1. The standard InChI is InChI=1S/C20H19ClN4O2/c1-14(26)24(2)12-15-6-5-7-17(10-15)23-20(27)16-11-22-25(13-16)19-9-4-3-8-18(19)21/h3-11,13H,12H2,1-2H3,(H,23,27). The lowest BCUT2D eigenvalue weighted by Gasteiger charge is -2.15. The molecule has 0 radical (unpaired) electrons. The molecule has 138 valence electrons. The van der Waals surface area contributed by atoms with Crippen molar-refractivity contribution in [3.63, 3.8) is 0 Å². The number of rotatable bonds is 5. The van der Waals surface area contributed by atoms with Gasteiger partial charge in [0, 0.05) is 32.4 Å². The number of hydrogen-bond acceptors (Lipinski definition) is 3. The Morgan fingerprint density at radius 3 is 2.70 bits per heavy atom. The highest BCUT2D eigenvalue weighted by Crippen LogP contribution is 2.20. The first-order valence-electron chi connectivity index (χ1n) is 8.35. The summed E-state index contributed by atoms with van der Waals surface area (Å²) in [5.74, 6) is -0.290. The third kappa shape index (κ3) is 4.54. The van der Waals surface area contributed by atoms with Crippen LogP contribution in [0.25, 0.3) is 5.69 Å². The van der Waals surface area contributed by atoms with Crippen molar-refractivity contribution in [2.75, 3.05) is 12.4 Å². The Bertz CT molecular complexity index is 983. The average molecular weight is 383 g/mol. The molecule has 0 aliphatic carbocycles. The van der Waals surface area contributed by atoms with Gasteiger partial charge in [-0.15, -0.1) is 0 Å². The van der Waals surface area contributed by atoms with Crippen LogP contribution in [0.4, 0.5) is 5.69 Å². The van der Waals surface area contributed by atoms with Crippen molar-refractivity contribution in [1.82, 2.24) is 14.7 Å². The average Bonchev–Trinajstić information content (AvgIpc) is 3.12. The molecule has 1 N–H and O–H groups in total. The van der Waals surface area contributed by atoms with Crippen LogP contribution in [-0.2, 0) is 11.3 Å². The molecule has 0 aliphatic heterocycles. The molecule has 0 spiro atoms. The number of anilines is 1. The van der Waals surface area contributed by atoms with E-state index in [1.807, 2.05) is 36.4 Å². The second kappa shape index (κ2) is 8.05. The number of para-hydroxylation sites is 1. The highest BCUT2D eigenvalue weighted by molar-refractivity contribution is 6.32. The zero-order valence-corrected chi connectivity index (χ0v) is 15.8. The van der Waals surface area contributed by atoms with E-state index in [0.717, 1.165) is 5.56 Å². The fourth-order valence-corrected chi connectivity index (χ4v) is 2.77. The van der Waals surface area contributed by atoms with Crippen LogP contribution in [0.1, 0.15) is 22.8 Å². The number of nitrogens with one attached hydrogen (secondary N) is 1. The van der Waals surface area contributed by atoms with E-state index in [1.54, 1.807) is 35.0 Å². The zero-order chi connectivity index (χ0) is 19.4. The van der Waals surface area contributed by atoms with Crippen LogP contribution in [0, 0.1) is 0 Å². The smallest absolute Gasteiger partial charge is 0.258 e. The van der Waals surface area contributed by atoms with E-state index in [9.17, 15) is 9.59 Å². The molecule has 7 heteroatoms. The molecule has 0 unspecified atom stereocenters. The minimum absolute atomic E-state index is 0.0172. The summed E-state index contributed by atoms with van der Waals surface area (Å²) in [6.07, 6.45) is 3.12. The predicted molar refractivity (Wildman–Crippen MR) is 105 cm³/mol. The van der Waals surface area contributed by atoms with Gasteiger partial charge in [0.15, 0.2) is 0 Å². The lowest BCUT2D eigenvalue weighted by Crippen LogP contribution is -2.23. The van der Waals surface area contributed by atoms with Crippen LogP contribution in [0.2, 0.25) is 5.02 Å². The summed E-state index contributed by atoms with van der Waals surface area (Å²) in [7, 11) is 1.73. The summed E-state index contributed by atoms with van der Waals surface area (Å²) in [5.41, 5.74) is 2.70. The minimum atomic E-state index is -0.273. The van der Waals surface area contributed by atoms with E-state index in [-0.39, 0.29) is 11.8 Å². The molecule has 0 fully saturated rings. The SMILES string of the molecule is CC(=O)N(C)Cc1cccc(NC(=O)c2cnn(-c3ccccc3Cl)c2)c1. The first-order valence-corrected chi connectivity index (χ1v) is 8.73. The molecule has 1 heterocycles. The molecule has 0 aliphatic rings. The third-order valence-corrected chi connectivity index (χ3v) is 4.41. The van der Waals surface area contributed by atoms with Crippen molar-refractivity contribution in [2.24, 2.45) is 0 Å². The maximum Gasteiger partial charge on any atom is 0.258 e. The fourth-order valence-electron chi connectivity index (χ4n) is 2.55. The topological polar surface area (TPSA) is 67.2 Å². The number of benzene rings is 2. The van der Waals surface area contributed by atoms with Crippen molar-refractivity contribution in [1.29, 1.82) is 0 Å². The number of aromatic nitrogens is 2. The van der Waals surface area contributed by atoms with Gasteiger partial charge < -0.3 is 10.2 Å². The van der Waals surface area contributed by atoms with E-state index in [4.69, 9.17) is 11.6 Å². The first-order chi connectivity index (χ1) is 12.9. The summed E-state index contributed by atoms with van der Waals surface area (Å²) in [6, 6.07) is 14.7. The first kappa shape index (κ1) is 18.7. The van der Waals surface area contributed by atoms with Crippen molar-refractivity contribution >= 4 is 29.1 Å². The van der Waals surface area contributed by atoms with Crippen LogP contribution in [0.15, 0.2) is 60.9 Å².